The molecule has 3 aromatic rings. The van der Waals surface area contributed by atoms with Crippen LogP contribution in [0.4, 0.5) is 17.1 Å². The van der Waals surface area contributed by atoms with Crippen LogP contribution in [0, 0.1) is 17.8 Å². The van der Waals surface area contributed by atoms with Crippen molar-refractivity contribution in [3.8, 4) is 0 Å². The minimum Gasteiger partial charge on any atom is -0.346 e. The van der Waals surface area contributed by atoms with Crippen LogP contribution in [-0.4, -0.2) is 157 Å². The summed E-state index contributed by atoms with van der Waals surface area (Å²) in [4.78, 5) is 25.1. The number of fused-ring (bicyclic) bond motifs is 9. The molecule has 13 heteroatoms. The summed E-state index contributed by atoms with van der Waals surface area (Å²) in [5.41, 5.74) is 8.76. The Morgan fingerprint density at radius 2 is 0.697 bits per heavy atom. The zero-order chi connectivity index (χ0) is 67.0. The normalized spacial score (nSPS) is 29.9. The lowest BCUT2D eigenvalue weighted by Gasteiger charge is -2.53. The lowest BCUT2D eigenvalue weighted by atomic mass is 9.69. The molecule has 9 fully saturated rings. The van der Waals surface area contributed by atoms with Crippen LogP contribution in [0.1, 0.15) is 245 Å². The Kier molecular flexibility index (Phi) is 31.5. The van der Waals surface area contributed by atoms with Gasteiger partial charge in [0.1, 0.15) is 5.66 Å². The van der Waals surface area contributed by atoms with Crippen LogP contribution in [0.15, 0.2) is 72.8 Å². The first-order chi connectivity index (χ1) is 43.2. The Balaban J connectivity index is 0.000000253. The first-order valence-corrected chi connectivity index (χ1v) is 38.1. The van der Waals surface area contributed by atoms with Crippen LogP contribution in [0.3, 0.4) is 0 Å². The number of nitrogens with zero attached hydrogens (tertiary/aromatic N) is 9. The molecule has 0 amide bonds. The highest BCUT2D eigenvalue weighted by molar-refractivity contribution is 7.82. The van der Waals surface area contributed by atoms with Crippen molar-refractivity contribution in [1.82, 2.24) is 29.4 Å². The molecule has 9 saturated heterocycles. The van der Waals surface area contributed by atoms with Crippen molar-refractivity contribution < 1.29 is 0 Å². The summed E-state index contributed by atoms with van der Waals surface area (Å²) in [6.07, 6.45) is 11.5. The van der Waals surface area contributed by atoms with Crippen molar-refractivity contribution in [3.05, 3.63) is 89.5 Å². The molecule has 15 rings (SSSR count). The molecule has 89 heavy (non-hydrogen) atoms. The molecule has 12 heterocycles. The maximum absolute atomic E-state index is 6.05. The number of hydrogen-bond acceptors (Lipinski definition) is 8. The molecule has 0 radical (unpaired) electrons. The fraction of sp³-hybridized carbons (Fsp3) is 0.711. The summed E-state index contributed by atoms with van der Waals surface area (Å²) in [7, 11) is 6.50. The average molecular weight is 1300 g/mol. The number of piperidine rings is 6. The largest absolute Gasteiger partial charge is 0.346 e. The second kappa shape index (κ2) is 35.8. The Labute approximate surface area is 569 Å². The van der Waals surface area contributed by atoms with Crippen LogP contribution >= 0.6 is 48.9 Å². The van der Waals surface area contributed by atoms with Crippen LogP contribution in [0.25, 0.3) is 0 Å². The van der Waals surface area contributed by atoms with E-state index < -0.39 is 0 Å². The third-order valence-corrected chi connectivity index (χ3v) is 23.1. The topological polar surface area (TPSA) is 29.2 Å². The molecular weight excluding hydrogens is 1170 g/mol. The first-order valence-electron chi connectivity index (χ1n) is 36.5. The molecule has 12 aliphatic heterocycles. The summed E-state index contributed by atoms with van der Waals surface area (Å²) in [6.45, 7) is 52.9. The molecule has 502 valence electrons. The van der Waals surface area contributed by atoms with Crippen molar-refractivity contribution in [3.63, 3.8) is 0 Å². The number of benzene rings is 3. The molecule has 12 atom stereocenters. The second-order valence-corrected chi connectivity index (χ2v) is 25.9. The maximum atomic E-state index is 6.05. The number of anilines is 3. The van der Waals surface area contributed by atoms with E-state index in [2.05, 4.69) is 166 Å². The summed E-state index contributed by atoms with van der Waals surface area (Å²) in [5, 5.41) is 1.92. The van der Waals surface area contributed by atoms with Crippen LogP contribution in [0.5, 0.6) is 0 Å². The van der Waals surface area contributed by atoms with Gasteiger partial charge in [-0.15, -0.1) is 0 Å². The van der Waals surface area contributed by atoms with Crippen molar-refractivity contribution in [2.75, 3.05) is 75.1 Å². The summed E-state index contributed by atoms with van der Waals surface area (Å²) >= 11 is 23.8. The van der Waals surface area contributed by atoms with Gasteiger partial charge in [-0.2, -0.15) is 0 Å². The van der Waals surface area contributed by atoms with Gasteiger partial charge in [0.15, 0.2) is 10.2 Å². The molecule has 0 aliphatic carbocycles. The van der Waals surface area contributed by atoms with Crippen molar-refractivity contribution in [2.45, 2.75) is 275 Å². The van der Waals surface area contributed by atoms with E-state index in [9.17, 15) is 0 Å². The van der Waals surface area contributed by atoms with Crippen molar-refractivity contribution >= 4 is 86.1 Å². The van der Waals surface area contributed by atoms with Crippen LogP contribution in [-0.2, 0) is 0 Å². The van der Waals surface area contributed by atoms with E-state index in [4.69, 9.17) is 48.9 Å². The third-order valence-electron chi connectivity index (χ3n) is 21.0. The lowest BCUT2D eigenvalue weighted by Crippen LogP contribution is -2.63. The van der Waals surface area contributed by atoms with Gasteiger partial charge < -0.3 is 29.4 Å². The molecule has 3 aromatic carbocycles. The van der Waals surface area contributed by atoms with Gasteiger partial charge in [0.25, 0.3) is 0 Å². The standard InChI is InChI=1S/2C20H27N3S.C18H21N3S2.9C2H6/c1-20(2)21(3)19(24)15-8-6-11-22-12-10-14-13-7-4-5-9-16(13)23(20)18(14)17(15)22;1-20(2)15-8-6-11-22-12-10-14-13-7-4-5-9-16(13)23(17(14)18(15)22)19(24)21(20)3;1-19-17(22)13-6-4-9-20-10-8-12-11-5-2-3-7-14(11)21(18(19)23)16(12)15(13)20;9*1-2/h2*4-5,7,9,14-15,17-18H,6,8,10-12H2,1-3H3;2-3,5,7,12-13,15-16H,4,6,8-10H2,1H3;9*1-2H3. The fourth-order valence-electron chi connectivity index (χ4n) is 17.4. The Morgan fingerprint density at radius 1 is 0.348 bits per heavy atom. The van der Waals surface area contributed by atoms with Crippen molar-refractivity contribution in [1.29, 1.82) is 0 Å². The van der Waals surface area contributed by atoms with E-state index >= 15 is 0 Å². The van der Waals surface area contributed by atoms with Gasteiger partial charge in [0.05, 0.1) is 28.1 Å². The monoisotopic (exact) mass is 1300 g/mol. The molecule has 0 aromatic heterocycles. The maximum Gasteiger partial charge on any atom is 0.181 e. The van der Waals surface area contributed by atoms with E-state index in [-0.39, 0.29) is 11.2 Å². The summed E-state index contributed by atoms with van der Waals surface area (Å²) < 4.78 is 0. The number of para-hydroxylation sites is 3. The molecule has 12 aliphatic rings. The predicted molar refractivity (Wildman–Crippen MR) is 408 cm³/mol. The minimum absolute atomic E-state index is 0.0764. The highest BCUT2D eigenvalue weighted by atomic mass is 32.1. The minimum atomic E-state index is -0.0764. The third kappa shape index (κ3) is 14.1. The average Bonchev–Trinajstić information content (AvgIpc) is 1.61. The van der Waals surface area contributed by atoms with Crippen LogP contribution < -0.4 is 14.7 Å². The van der Waals surface area contributed by atoms with E-state index in [0.717, 1.165) is 15.2 Å². The van der Waals surface area contributed by atoms with Gasteiger partial charge in [0.2, 0.25) is 0 Å². The molecule has 0 spiro atoms. The number of hydrogen-bond donors (Lipinski definition) is 0. The predicted octanol–water partition coefficient (Wildman–Crippen LogP) is 19.1. The van der Waals surface area contributed by atoms with E-state index in [1.54, 1.807) is 5.56 Å². The zero-order valence-electron chi connectivity index (χ0n) is 61.1. The van der Waals surface area contributed by atoms with Gasteiger partial charge in [-0.3, -0.25) is 14.7 Å². The Morgan fingerprint density at radius 3 is 1.16 bits per heavy atom. The van der Waals surface area contributed by atoms with Gasteiger partial charge in [-0.25, -0.2) is 0 Å². The summed E-state index contributed by atoms with van der Waals surface area (Å²) in [5.74, 6) is 3.58. The number of rotatable bonds is 0. The van der Waals surface area contributed by atoms with Gasteiger partial charge in [-0.05, 0) is 190 Å². The zero-order valence-corrected chi connectivity index (χ0v) is 64.4. The highest BCUT2D eigenvalue weighted by Gasteiger charge is 2.61. The molecule has 0 saturated carbocycles. The molecule has 0 N–H and O–H groups in total. The molecular formula is C76H129N9S4. The van der Waals surface area contributed by atoms with Gasteiger partial charge >= 0.3 is 0 Å². The van der Waals surface area contributed by atoms with Crippen LogP contribution in [0.2, 0.25) is 0 Å². The highest BCUT2D eigenvalue weighted by Crippen LogP contribution is 2.57. The second-order valence-electron chi connectivity index (χ2n) is 24.3. The smallest absolute Gasteiger partial charge is 0.181 e. The van der Waals surface area contributed by atoms with E-state index in [1.807, 2.05) is 125 Å². The first kappa shape index (κ1) is 78.1. The quantitative estimate of drug-likeness (QED) is 0.200. The lowest BCUT2D eigenvalue weighted by molar-refractivity contribution is -0.00650. The molecule has 12 unspecified atom stereocenters. The van der Waals surface area contributed by atoms with E-state index in [1.165, 1.54) is 130 Å². The van der Waals surface area contributed by atoms with E-state index in [0.29, 0.717) is 71.8 Å². The Bertz CT molecular complexity index is 2680. The van der Waals surface area contributed by atoms with Crippen molar-refractivity contribution in [2.24, 2.45) is 17.8 Å². The Hall–Kier alpha value is -3.30. The number of thiocarbonyl (C=S) groups is 4. The SMILES string of the molecule is CC.CC.CC.CC.CC.CC.CC.CC.CC.CN1C(=S)C2CCCN3CCC4c5ccccc5N(C1=S)C4C23.CN1C(=S)C2CCCN3CCC4c5ccccc5N(C4C23)C1(C)C.CN1C(=S)N2c3ccccc3C3CCN4CCCC(C4C32)C1(C)C. The molecule has 0 bridgehead atoms. The molecule has 9 nitrogen and oxygen atoms in total. The van der Waals surface area contributed by atoms with Gasteiger partial charge in [-0.1, -0.05) is 204 Å². The fourth-order valence-corrected chi connectivity index (χ4v) is 19.0. The summed E-state index contributed by atoms with van der Waals surface area (Å²) in [6, 6.07) is 30.3. The van der Waals surface area contributed by atoms with Gasteiger partial charge in [0, 0.05) is 91.5 Å².